The first-order valence-electron chi connectivity index (χ1n) is 14.2. The van der Waals surface area contributed by atoms with Crippen molar-refractivity contribution in [3.8, 4) is 11.3 Å². The van der Waals surface area contributed by atoms with Crippen molar-refractivity contribution in [2.45, 2.75) is 44.9 Å². The number of para-hydroxylation sites is 2. The van der Waals surface area contributed by atoms with E-state index >= 15 is 0 Å². The largest absolute Gasteiger partial charge is 0.451 e. The van der Waals surface area contributed by atoms with Crippen LogP contribution in [0.25, 0.3) is 22.2 Å². The van der Waals surface area contributed by atoms with Gasteiger partial charge in [0, 0.05) is 54.3 Å². The highest BCUT2D eigenvalue weighted by molar-refractivity contribution is 6.10. The number of hydrogen-bond donors (Lipinski definition) is 1. The number of nitrogens with zero attached hydrogens (tertiary/aromatic N) is 4. The molecule has 3 heterocycles. The molecule has 0 aliphatic carbocycles. The van der Waals surface area contributed by atoms with Gasteiger partial charge in [0.15, 0.2) is 0 Å². The lowest BCUT2D eigenvalue weighted by Gasteiger charge is -2.37. The SMILES string of the molecule is COC(=O)N(NC(=O)c1c(CN2C[C@H]3C[C@@H]2CN3C(C)C)c(-c2ccccc2)nc2ccccc12)c1ccccc1. The van der Waals surface area contributed by atoms with Gasteiger partial charge in [-0.1, -0.05) is 66.7 Å². The van der Waals surface area contributed by atoms with E-state index in [0.29, 0.717) is 35.9 Å². The van der Waals surface area contributed by atoms with Crippen LogP contribution in [0.15, 0.2) is 84.9 Å². The Morgan fingerprint density at radius 2 is 1.63 bits per heavy atom. The minimum Gasteiger partial charge on any atom is -0.451 e. The van der Waals surface area contributed by atoms with Gasteiger partial charge in [0.05, 0.1) is 29.6 Å². The number of nitrogens with one attached hydrogen (secondary N) is 1. The molecule has 1 aromatic heterocycles. The molecule has 0 saturated carbocycles. The van der Waals surface area contributed by atoms with Gasteiger partial charge in [-0.25, -0.2) is 9.78 Å². The van der Waals surface area contributed by atoms with Gasteiger partial charge in [-0.2, -0.15) is 5.01 Å². The van der Waals surface area contributed by atoms with Crippen LogP contribution in [0.2, 0.25) is 0 Å². The zero-order valence-electron chi connectivity index (χ0n) is 23.7. The predicted molar refractivity (Wildman–Crippen MR) is 160 cm³/mol. The monoisotopic (exact) mass is 549 g/mol. The molecular weight excluding hydrogens is 514 g/mol. The summed E-state index contributed by atoms with van der Waals surface area (Å²) >= 11 is 0. The minimum absolute atomic E-state index is 0.391. The topological polar surface area (TPSA) is 78.0 Å². The summed E-state index contributed by atoms with van der Waals surface area (Å²) < 4.78 is 5.03. The fourth-order valence-corrected chi connectivity index (χ4v) is 6.35. The van der Waals surface area contributed by atoms with E-state index in [1.54, 1.807) is 24.3 Å². The van der Waals surface area contributed by atoms with Crippen molar-refractivity contribution in [1.82, 2.24) is 20.2 Å². The molecule has 2 fully saturated rings. The summed E-state index contributed by atoms with van der Waals surface area (Å²) in [6, 6.07) is 28.1. The average molecular weight is 550 g/mol. The molecule has 6 rings (SSSR count). The first kappa shape index (κ1) is 26.9. The summed E-state index contributed by atoms with van der Waals surface area (Å²) in [5, 5.41) is 1.90. The number of carbonyl (C=O) groups is 2. The van der Waals surface area contributed by atoms with E-state index in [2.05, 4.69) is 29.1 Å². The first-order chi connectivity index (χ1) is 19.9. The molecule has 3 aromatic carbocycles. The lowest BCUT2D eigenvalue weighted by molar-refractivity contribution is 0.0927. The third-order valence-electron chi connectivity index (χ3n) is 8.27. The van der Waals surface area contributed by atoms with Gasteiger partial charge in [-0.05, 0) is 38.5 Å². The molecule has 41 heavy (non-hydrogen) atoms. The zero-order chi connectivity index (χ0) is 28.5. The number of methoxy groups -OCH3 is 1. The van der Waals surface area contributed by atoms with Crippen LogP contribution in [0.5, 0.6) is 0 Å². The number of amides is 2. The van der Waals surface area contributed by atoms with Crippen LogP contribution in [0.4, 0.5) is 10.5 Å². The van der Waals surface area contributed by atoms with E-state index in [4.69, 9.17) is 9.72 Å². The molecule has 210 valence electrons. The van der Waals surface area contributed by atoms with Crippen LogP contribution >= 0.6 is 0 Å². The molecule has 1 N–H and O–H groups in total. The van der Waals surface area contributed by atoms with E-state index in [0.717, 1.165) is 52.2 Å². The number of hydrazine groups is 1. The van der Waals surface area contributed by atoms with Crippen LogP contribution in [0.3, 0.4) is 0 Å². The fourth-order valence-electron chi connectivity index (χ4n) is 6.35. The van der Waals surface area contributed by atoms with Gasteiger partial charge in [0.25, 0.3) is 5.91 Å². The Morgan fingerprint density at radius 1 is 0.951 bits per heavy atom. The van der Waals surface area contributed by atoms with Crippen LogP contribution in [-0.2, 0) is 11.3 Å². The van der Waals surface area contributed by atoms with Crippen molar-refractivity contribution < 1.29 is 14.3 Å². The first-order valence-corrected chi connectivity index (χ1v) is 14.2. The Kier molecular flexibility index (Phi) is 7.43. The second-order valence-electron chi connectivity index (χ2n) is 11.0. The summed E-state index contributed by atoms with van der Waals surface area (Å²) in [7, 11) is 1.30. The van der Waals surface area contributed by atoms with E-state index in [9.17, 15) is 9.59 Å². The quantitative estimate of drug-likeness (QED) is 0.321. The molecule has 8 nitrogen and oxygen atoms in total. The summed E-state index contributed by atoms with van der Waals surface area (Å²) in [6.45, 7) is 7.07. The highest BCUT2D eigenvalue weighted by Gasteiger charge is 2.44. The van der Waals surface area contributed by atoms with Crippen molar-refractivity contribution in [3.63, 3.8) is 0 Å². The van der Waals surface area contributed by atoms with E-state index < -0.39 is 12.0 Å². The number of carbonyl (C=O) groups excluding carboxylic acids is 2. The Hall–Kier alpha value is -4.27. The van der Waals surface area contributed by atoms with Gasteiger partial charge in [-0.15, -0.1) is 0 Å². The van der Waals surface area contributed by atoms with Crippen LogP contribution in [-0.4, -0.2) is 65.1 Å². The fraction of sp³-hybridized carbons (Fsp3) is 0.303. The minimum atomic E-state index is -0.682. The van der Waals surface area contributed by atoms with E-state index in [1.807, 2.05) is 60.7 Å². The van der Waals surface area contributed by atoms with Crippen molar-refractivity contribution in [3.05, 3.63) is 96.1 Å². The van der Waals surface area contributed by atoms with Gasteiger partial charge >= 0.3 is 6.09 Å². The second kappa shape index (κ2) is 11.3. The Labute approximate surface area is 240 Å². The number of benzene rings is 3. The zero-order valence-corrected chi connectivity index (χ0v) is 23.7. The van der Waals surface area contributed by atoms with Crippen LogP contribution < -0.4 is 10.4 Å². The van der Waals surface area contributed by atoms with Crippen LogP contribution in [0, 0.1) is 0 Å². The number of likely N-dealkylation sites (tertiary alicyclic amines) is 2. The normalized spacial score (nSPS) is 18.6. The van der Waals surface area contributed by atoms with Crippen molar-refractivity contribution in [1.29, 1.82) is 0 Å². The smallest absolute Gasteiger partial charge is 0.433 e. The molecule has 0 unspecified atom stereocenters. The molecule has 2 atom stereocenters. The van der Waals surface area contributed by atoms with E-state index in [1.165, 1.54) is 7.11 Å². The molecule has 8 heteroatoms. The molecule has 0 spiro atoms. The highest BCUT2D eigenvalue weighted by atomic mass is 16.5. The van der Waals surface area contributed by atoms with Crippen molar-refractivity contribution in [2.75, 3.05) is 25.2 Å². The number of rotatable bonds is 6. The summed E-state index contributed by atoms with van der Waals surface area (Å²) in [5.41, 5.74) is 7.18. The maximum atomic E-state index is 14.3. The summed E-state index contributed by atoms with van der Waals surface area (Å²) in [4.78, 5) is 37.3. The molecule has 2 aliphatic heterocycles. The number of fused-ring (bicyclic) bond motifs is 3. The number of anilines is 1. The third kappa shape index (κ3) is 5.16. The number of piperazine rings is 1. The summed E-state index contributed by atoms with van der Waals surface area (Å²) in [5.74, 6) is -0.391. The second-order valence-corrected chi connectivity index (χ2v) is 11.0. The number of pyridine rings is 1. The molecule has 2 amide bonds. The Morgan fingerprint density at radius 3 is 2.29 bits per heavy atom. The van der Waals surface area contributed by atoms with E-state index in [-0.39, 0.29) is 0 Å². The Bertz CT molecular complexity index is 1560. The lowest BCUT2D eigenvalue weighted by atomic mass is 9.95. The molecule has 0 radical (unpaired) electrons. The maximum absolute atomic E-state index is 14.3. The Balaban J connectivity index is 1.46. The number of aromatic nitrogens is 1. The highest BCUT2D eigenvalue weighted by Crippen LogP contribution is 2.37. The summed E-state index contributed by atoms with van der Waals surface area (Å²) in [6.07, 6.45) is 0.448. The molecule has 2 saturated heterocycles. The van der Waals surface area contributed by atoms with Crippen molar-refractivity contribution >= 4 is 28.6 Å². The predicted octanol–water partition coefficient (Wildman–Crippen LogP) is 5.49. The maximum Gasteiger partial charge on any atom is 0.433 e. The molecule has 4 aromatic rings. The standard InChI is InChI=1S/C33H35N5O3/c1-22(2)37-20-25-18-26(37)19-36(25)21-28-30(32(39)35-38(33(40)41-3)24-14-8-5-9-15-24)27-16-10-11-17-29(27)34-31(28)23-12-6-4-7-13-23/h4-17,22,25-26H,18-21H2,1-3H3,(H,35,39)/t25-,26-/m1/s1. The van der Waals surface area contributed by atoms with Crippen LogP contribution in [0.1, 0.15) is 36.2 Å². The van der Waals surface area contributed by atoms with Gasteiger partial charge in [0.1, 0.15) is 0 Å². The van der Waals surface area contributed by atoms with Gasteiger partial charge < -0.3 is 4.74 Å². The third-order valence-corrected chi connectivity index (χ3v) is 8.27. The number of ether oxygens (including phenoxy) is 1. The lowest BCUT2D eigenvalue weighted by Crippen LogP contribution is -2.49. The van der Waals surface area contributed by atoms with Gasteiger partial charge in [0.2, 0.25) is 0 Å². The average Bonchev–Trinajstić information content (AvgIpc) is 3.61. The molecular formula is C33H35N5O3. The number of hydrogen-bond acceptors (Lipinski definition) is 6. The molecule has 2 aliphatic rings. The molecule has 2 bridgehead atoms. The van der Waals surface area contributed by atoms with Crippen molar-refractivity contribution in [2.24, 2.45) is 0 Å². The van der Waals surface area contributed by atoms with Gasteiger partial charge in [-0.3, -0.25) is 20.0 Å².